The molecule has 0 N–H and O–H groups in total. The third-order valence-electron chi connectivity index (χ3n) is 6.18. The second-order valence-electron chi connectivity index (χ2n) is 8.90. The Balaban J connectivity index is 1.68. The van der Waals surface area contributed by atoms with Gasteiger partial charge in [-0.3, -0.25) is 0 Å². The van der Waals surface area contributed by atoms with Gasteiger partial charge in [0.25, 0.3) is 0 Å². The van der Waals surface area contributed by atoms with Crippen molar-refractivity contribution in [1.29, 1.82) is 0 Å². The second kappa shape index (κ2) is 9.76. The third-order valence-corrected chi connectivity index (χ3v) is 10.8. The Morgan fingerprint density at radius 3 is 1.37 bits per heavy atom. The summed E-state index contributed by atoms with van der Waals surface area (Å²) in [7, 11) is -2.76. The van der Waals surface area contributed by atoms with Crippen LogP contribution in [0.4, 0.5) is 0 Å². The topological polar surface area (TPSA) is 71.1 Å². The minimum atomic E-state index is -1.38. The van der Waals surface area contributed by atoms with Gasteiger partial charge in [0.05, 0.1) is 24.3 Å². The van der Waals surface area contributed by atoms with Crippen LogP contribution in [0.15, 0.2) is 24.3 Å². The molecule has 2 atom stereocenters. The number of hydrogen-bond donors (Lipinski definition) is 0. The van der Waals surface area contributed by atoms with Crippen LogP contribution in [0.5, 0.6) is 0 Å². The summed E-state index contributed by atoms with van der Waals surface area (Å²) in [5, 5.41) is 0. The fourth-order valence-electron chi connectivity index (χ4n) is 4.06. The molecule has 1 aromatic rings. The highest BCUT2D eigenvalue weighted by Crippen LogP contribution is 2.31. The van der Waals surface area contributed by atoms with Crippen molar-refractivity contribution in [3.8, 4) is 0 Å². The molecule has 1 aromatic carbocycles. The molecule has 2 saturated heterocycles. The van der Waals surface area contributed by atoms with E-state index in [1.54, 1.807) is 24.3 Å². The van der Waals surface area contributed by atoms with Gasteiger partial charge in [-0.05, 0) is 49.9 Å². The van der Waals surface area contributed by atoms with Gasteiger partial charge < -0.3 is 18.9 Å². The van der Waals surface area contributed by atoms with E-state index in [4.69, 9.17) is 18.9 Å². The zero-order valence-corrected chi connectivity index (χ0v) is 20.9. The molecule has 0 amide bonds. The fourth-order valence-corrected chi connectivity index (χ4v) is 7.21. The van der Waals surface area contributed by atoms with Crippen molar-refractivity contribution >= 4 is 29.5 Å². The minimum absolute atomic E-state index is 0.403. The number of esters is 2. The number of hydrogen-bond acceptors (Lipinski definition) is 6. The van der Waals surface area contributed by atoms with Gasteiger partial charge in [0.15, 0.2) is 10.8 Å². The largest absolute Gasteiger partial charge is 0.434 e. The lowest BCUT2D eigenvalue weighted by Gasteiger charge is -2.39. The Bertz CT molecular complexity index is 671. The summed E-state index contributed by atoms with van der Waals surface area (Å²) in [6.07, 6.45) is 5.53. The molecular formula is C22H34O6Si2. The van der Waals surface area contributed by atoms with E-state index in [1.807, 2.05) is 0 Å². The molecule has 0 radical (unpaired) electrons. The molecule has 166 valence electrons. The number of benzene rings is 1. The van der Waals surface area contributed by atoms with E-state index in [0.29, 0.717) is 24.3 Å². The maximum Gasteiger partial charge on any atom is 0.340 e. The van der Waals surface area contributed by atoms with Crippen molar-refractivity contribution < 1.29 is 28.5 Å². The van der Waals surface area contributed by atoms with Gasteiger partial charge in [0, 0.05) is 12.8 Å². The SMILES string of the molecule is C[SiH](C)C1(OC(=O)c2ccc(C(=O)OC3([SiH](C)C)CCCCO3)cc2)CCCCO1. The van der Waals surface area contributed by atoms with E-state index >= 15 is 0 Å². The summed E-state index contributed by atoms with van der Waals surface area (Å²) in [4.78, 5) is 25.5. The number of carbonyl (C=O) groups excluding carboxylic acids is 2. The number of rotatable bonds is 6. The van der Waals surface area contributed by atoms with Gasteiger partial charge in [-0.15, -0.1) is 0 Å². The predicted molar refractivity (Wildman–Crippen MR) is 120 cm³/mol. The lowest BCUT2D eigenvalue weighted by Crippen LogP contribution is -2.51. The average Bonchev–Trinajstić information content (AvgIpc) is 2.75. The predicted octanol–water partition coefficient (Wildman–Crippen LogP) is 3.85. The molecule has 2 heterocycles. The van der Waals surface area contributed by atoms with Crippen molar-refractivity contribution in [2.75, 3.05) is 13.2 Å². The maximum absolute atomic E-state index is 12.8. The Labute approximate surface area is 182 Å². The quantitative estimate of drug-likeness (QED) is 0.484. The standard InChI is InChI=1S/C22H34O6Si2/c1-29(2)21(13-5-7-15-25-21)27-19(23)17-9-11-18(12-10-17)20(24)28-22(30(3)4)14-6-8-16-26-22/h9-12,29-30H,5-8,13-16H2,1-4H3. The van der Waals surface area contributed by atoms with Gasteiger partial charge in [-0.1, -0.05) is 26.2 Å². The van der Waals surface area contributed by atoms with Crippen LogP contribution in [-0.2, 0) is 18.9 Å². The Hall–Kier alpha value is -1.49. The molecule has 0 saturated carbocycles. The smallest absolute Gasteiger partial charge is 0.340 e. The molecular weight excluding hydrogens is 416 g/mol. The van der Waals surface area contributed by atoms with Gasteiger partial charge >= 0.3 is 11.9 Å². The van der Waals surface area contributed by atoms with Crippen molar-refractivity contribution in [3.05, 3.63) is 35.4 Å². The molecule has 0 spiro atoms. The summed E-state index contributed by atoms with van der Waals surface area (Å²) >= 11 is 0. The van der Waals surface area contributed by atoms with Crippen LogP contribution in [-0.4, -0.2) is 53.6 Å². The lowest BCUT2D eigenvalue weighted by molar-refractivity contribution is -0.171. The van der Waals surface area contributed by atoms with Crippen LogP contribution >= 0.6 is 0 Å². The van der Waals surface area contributed by atoms with Crippen LogP contribution in [0, 0.1) is 0 Å². The van der Waals surface area contributed by atoms with E-state index in [-0.39, 0.29) is 0 Å². The van der Waals surface area contributed by atoms with Crippen LogP contribution in [0.3, 0.4) is 0 Å². The first kappa shape index (κ1) is 23.2. The van der Waals surface area contributed by atoms with Crippen molar-refractivity contribution in [2.24, 2.45) is 0 Å². The van der Waals surface area contributed by atoms with Crippen molar-refractivity contribution in [1.82, 2.24) is 0 Å². The van der Waals surface area contributed by atoms with Crippen LogP contribution < -0.4 is 0 Å². The van der Waals surface area contributed by atoms with E-state index in [0.717, 1.165) is 38.5 Å². The lowest BCUT2D eigenvalue weighted by atomic mass is 10.1. The summed E-state index contributed by atoms with van der Waals surface area (Å²) in [5.41, 5.74) is -0.646. The molecule has 2 unspecified atom stereocenters. The van der Waals surface area contributed by atoms with Crippen molar-refractivity contribution in [2.45, 2.75) is 75.5 Å². The third kappa shape index (κ3) is 5.04. The minimum Gasteiger partial charge on any atom is -0.434 e. The van der Waals surface area contributed by atoms with Crippen LogP contribution in [0.25, 0.3) is 0 Å². The van der Waals surface area contributed by atoms with E-state index in [1.165, 1.54) is 0 Å². The highest BCUT2D eigenvalue weighted by molar-refractivity contribution is 6.59. The van der Waals surface area contributed by atoms with Gasteiger partial charge in [-0.2, -0.15) is 0 Å². The van der Waals surface area contributed by atoms with Crippen LogP contribution in [0.2, 0.25) is 26.2 Å². The highest BCUT2D eigenvalue weighted by Gasteiger charge is 2.42. The molecule has 8 heteroatoms. The first-order chi connectivity index (χ1) is 14.3. The molecule has 0 aliphatic carbocycles. The van der Waals surface area contributed by atoms with Crippen molar-refractivity contribution in [3.63, 3.8) is 0 Å². The summed E-state index contributed by atoms with van der Waals surface area (Å²) in [6, 6.07) is 6.49. The molecule has 2 aliphatic heterocycles. The summed E-state index contributed by atoms with van der Waals surface area (Å²) in [6.45, 7) is 9.81. The molecule has 2 fully saturated rings. The Morgan fingerprint density at radius 1 is 0.733 bits per heavy atom. The van der Waals surface area contributed by atoms with Crippen LogP contribution in [0.1, 0.15) is 59.2 Å². The monoisotopic (exact) mass is 450 g/mol. The summed E-state index contributed by atoms with van der Waals surface area (Å²) < 4.78 is 23.6. The first-order valence-electron chi connectivity index (χ1n) is 11.1. The second-order valence-corrected chi connectivity index (χ2v) is 15.3. The summed E-state index contributed by atoms with van der Waals surface area (Å²) in [5.74, 6) is -0.806. The van der Waals surface area contributed by atoms with Gasteiger partial charge in [0.1, 0.15) is 17.6 Å². The molecule has 0 aromatic heterocycles. The number of ether oxygens (including phenoxy) is 4. The fraction of sp³-hybridized carbons (Fsp3) is 0.636. The van der Waals surface area contributed by atoms with Gasteiger partial charge in [0.2, 0.25) is 0 Å². The number of carbonyl (C=O) groups is 2. The first-order valence-corrected chi connectivity index (χ1v) is 16.9. The molecule has 2 aliphatic rings. The zero-order valence-electron chi connectivity index (χ0n) is 18.6. The Kier molecular flexibility index (Phi) is 7.54. The molecule has 30 heavy (non-hydrogen) atoms. The zero-order chi connectivity index (χ0) is 21.8. The van der Waals surface area contributed by atoms with E-state index < -0.39 is 40.4 Å². The molecule has 6 nitrogen and oxygen atoms in total. The molecule has 0 bridgehead atoms. The maximum atomic E-state index is 12.8. The molecule has 3 rings (SSSR count). The highest BCUT2D eigenvalue weighted by atomic mass is 28.3. The Morgan fingerprint density at radius 2 is 1.10 bits per heavy atom. The van der Waals surface area contributed by atoms with Gasteiger partial charge in [-0.25, -0.2) is 9.59 Å². The van der Waals surface area contributed by atoms with E-state index in [2.05, 4.69) is 26.2 Å². The van der Waals surface area contributed by atoms with E-state index in [9.17, 15) is 9.59 Å². The average molecular weight is 451 g/mol. The normalized spacial score (nSPS) is 27.1.